The predicted molar refractivity (Wildman–Crippen MR) is 133 cm³/mol. The van der Waals surface area contributed by atoms with Gasteiger partial charge in [-0.1, -0.05) is 6.07 Å². The summed E-state index contributed by atoms with van der Waals surface area (Å²) in [5.74, 6) is 0.894. The molecule has 11 nitrogen and oxygen atoms in total. The van der Waals surface area contributed by atoms with Crippen LogP contribution >= 0.6 is 0 Å². The Balaban J connectivity index is 1.64. The minimum absolute atomic E-state index is 0.213. The lowest BCUT2D eigenvalue weighted by Gasteiger charge is -2.14. The molecule has 2 heterocycles. The van der Waals surface area contributed by atoms with Gasteiger partial charge in [-0.05, 0) is 24.3 Å². The molecule has 0 bridgehead atoms. The van der Waals surface area contributed by atoms with Crippen molar-refractivity contribution in [2.75, 3.05) is 40.3 Å². The summed E-state index contributed by atoms with van der Waals surface area (Å²) in [7, 11) is 5.88. The number of methoxy groups -OCH3 is 4. The van der Waals surface area contributed by atoms with Crippen molar-refractivity contribution in [2.24, 2.45) is 0 Å². The van der Waals surface area contributed by atoms with Crippen LogP contribution in [0.3, 0.4) is 0 Å². The highest BCUT2D eigenvalue weighted by Gasteiger charge is 2.15. The molecule has 186 valence electrons. The van der Waals surface area contributed by atoms with E-state index in [9.17, 15) is 9.59 Å². The first-order chi connectivity index (χ1) is 17.5. The zero-order chi connectivity index (χ0) is 25.7. The van der Waals surface area contributed by atoms with Gasteiger partial charge in [0, 0.05) is 46.9 Å². The molecular formula is C25H25N5O6. The number of carbonyl (C=O) groups is 2. The van der Waals surface area contributed by atoms with Crippen molar-refractivity contribution in [1.29, 1.82) is 0 Å². The van der Waals surface area contributed by atoms with Crippen LogP contribution in [0.25, 0.3) is 16.7 Å². The molecule has 0 spiro atoms. The second-order valence-corrected chi connectivity index (χ2v) is 7.51. The second kappa shape index (κ2) is 10.6. The molecule has 0 saturated carbocycles. The second-order valence-electron chi connectivity index (χ2n) is 7.51. The SMILES string of the molecule is COC(=O)CNC(=O)c1cccc(-n2ccc3cnc(Nc4cc(OC)c(OC)c(OC)c4)nc32)c1. The third-order valence-electron chi connectivity index (χ3n) is 5.36. The topological polar surface area (TPSA) is 126 Å². The minimum atomic E-state index is -0.528. The number of fused-ring (bicyclic) bond motifs is 1. The van der Waals surface area contributed by atoms with Crippen molar-refractivity contribution < 1.29 is 28.5 Å². The van der Waals surface area contributed by atoms with E-state index < -0.39 is 11.9 Å². The third-order valence-corrected chi connectivity index (χ3v) is 5.36. The van der Waals surface area contributed by atoms with Gasteiger partial charge in [0.15, 0.2) is 11.5 Å². The van der Waals surface area contributed by atoms with Crippen LogP contribution in [-0.4, -0.2) is 61.4 Å². The molecule has 4 aromatic rings. The average molecular weight is 492 g/mol. The molecule has 0 fully saturated rings. The summed E-state index contributed by atoms with van der Waals surface area (Å²) in [5, 5.41) is 6.51. The Labute approximate surface area is 207 Å². The summed E-state index contributed by atoms with van der Waals surface area (Å²) >= 11 is 0. The van der Waals surface area contributed by atoms with E-state index in [4.69, 9.17) is 14.2 Å². The van der Waals surface area contributed by atoms with E-state index in [2.05, 4.69) is 25.3 Å². The molecular weight excluding hydrogens is 466 g/mol. The Morgan fingerprint density at radius 1 is 0.972 bits per heavy atom. The lowest BCUT2D eigenvalue weighted by molar-refractivity contribution is -0.139. The Kier molecular flexibility index (Phi) is 7.19. The maximum Gasteiger partial charge on any atom is 0.325 e. The van der Waals surface area contributed by atoms with E-state index in [0.29, 0.717) is 45.8 Å². The first-order valence-corrected chi connectivity index (χ1v) is 10.8. The van der Waals surface area contributed by atoms with Crippen molar-refractivity contribution in [3.05, 3.63) is 60.4 Å². The molecule has 4 rings (SSSR count). The van der Waals surface area contributed by atoms with Crippen LogP contribution in [0.2, 0.25) is 0 Å². The normalized spacial score (nSPS) is 10.6. The summed E-state index contributed by atoms with van der Waals surface area (Å²) in [5.41, 5.74) is 2.38. The summed E-state index contributed by atoms with van der Waals surface area (Å²) in [6.07, 6.45) is 3.54. The minimum Gasteiger partial charge on any atom is -0.493 e. The zero-order valence-electron chi connectivity index (χ0n) is 20.2. The van der Waals surface area contributed by atoms with Gasteiger partial charge >= 0.3 is 5.97 Å². The monoisotopic (exact) mass is 491 g/mol. The van der Waals surface area contributed by atoms with Crippen molar-refractivity contribution in [2.45, 2.75) is 0 Å². The maximum absolute atomic E-state index is 12.5. The standard InChI is InChI=1S/C25H25N5O6/c1-33-19-11-17(12-20(34-2)22(19)36-4)28-25-27-13-16-8-9-30(23(16)29-25)18-7-5-6-15(10-18)24(32)26-14-21(31)35-3/h5-13H,14H2,1-4H3,(H,26,32)(H,27,28,29). The molecule has 2 N–H and O–H groups in total. The largest absolute Gasteiger partial charge is 0.493 e. The molecule has 2 aromatic carbocycles. The van der Waals surface area contributed by atoms with Crippen molar-refractivity contribution in [3.63, 3.8) is 0 Å². The average Bonchev–Trinajstić information content (AvgIpc) is 3.34. The lowest BCUT2D eigenvalue weighted by atomic mass is 10.2. The summed E-state index contributed by atoms with van der Waals surface area (Å²) < 4.78 is 22.6. The number of hydrogen-bond donors (Lipinski definition) is 2. The van der Waals surface area contributed by atoms with Gasteiger partial charge in [-0.2, -0.15) is 4.98 Å². The highest BCUT2D eigenvalue weighted by molar-refractivity contribution is 5.96. The van der Waals surface area contributed by atoms with Gasteiger partial charge in [-0.25, -0.2) is 4.98 Å². The molecule has 0 aliphatic rings. The van der Waals surface area contributed by atoms with Crippen LogP contribution in [0, 0.1) is 0 Å². The Morgan fingerprint density at radius 3 is 2.39 bits per heavy atom. The van der Waals surface area contributed by atoms with E-state index >= 15 is 0 Å². The van der Waals surface area contributed by atoms with Gasteiger partial charge in [-0.15, -0.1) is 0 Å². The quantitative estimate of drug-likeness (QED) is 0.340. The van der Waals surface area contributed by atoms with Crippen LogP contribution in [0.15, 0.2) is 54.9 Å². The van der Waals surface area contributed by atoms with E-state index in [0.717, 1.165) is 5.39 Å². The van der Waals surface area contributed by atoms with Crippen LogP contribution in [-0.2, 0) is 9.53 Å². The van der Waals surface area contributed by atoms with Crippen LogP contribution in [0.4, 0.5) is 11.6 Å². The van der Waals surface area contributed by atoms with E-state index in [-0.39, 0.29) is 6.54 Å². The molecule has 0 radical (unpaired) electrons. The van der Waals surface area contributed by atoms with E-state index in [1.807, 2.05) is 22.9 Å². The highest BCUT2D eigenvalue weighted by atomic mass is 16.5. The number of rotatable bonds is 9. The molecule has 0 saturated heterocycles. The number of benzene rings is 2. The maximum atomic E-state index is 12.5. The lowest BCUT2D eigenvalue weighted by Crippen LogP contribution is -2.30. The first kappa shape index (κ1) is 24.3. The zero-order valence-corrected chi connectivity index (χ0v) is 20.2. The third kappa shape index (κ3) is 4.99. The van der Waals surface area contributed by atoms with Gasteiger partial charge in [0.1, 0.15) is 12.2 Å². The number of hydrogen-bond acceptors (Lipinski definition) is 9. The Morgan fingerprint density at radius 2 is 1.72 bits per heavy atom. The number of nitrogens with zero attached hydrogens (tertiary/aromatic N) is 3. The molecule has 36 heavy (non-hydrogen) atoms. The summed E-state index contributed by atoms with van der Waals surface area (Å²) in [6, 6.07) is 12.4. The highest BCUT2D eigenvalue weighted by Crippen LogP contribution is 2.40. The van der Waals surface area contributed by atoms with Gasteiger partial charge in [0.2, 0.25) is 11.7 Å². The summed E-state index contributed by atoms with van der Waals surface area (Å²) in [6.45, 7) is -0.213. The van der Waals surface area contributed by atoms with Gasteiger partial charge in [0.25, 0.3) is 5.91 Å². The molecule has 0 aliphatic carbocycles. The molecule has 1 amide bonds. The number of esters is 1. The molecule has 0 unspecified atom stereocenters. The van der Waals surface area contributed by atoms with Crippen LogP contribution in [0.5, 0.6) is 17.2 Å². The number of nitrogens with one attached hydrogen (secondary N) is 2. The first-order valence-electron chi connectivity index (χ1n) is 10.8. The smallest absolute Gasteiger partial charge is 0.325 e. The number of ether oxygens (including phenoxy) is 4. The molecule has 0 aliphatic heterocycles. The van der Waals surface area contributed by atoms with Crippen molar-refractivity contribution >= 4 is 34.5 Å². The molecule has 2 aromatic heterocycles. The Bertz CT molecular complexity index is 1390. The summed E-state index contributed by atoms with van der Waals surface area (Å²) in [4.78, 5) is 32.9. The number of aromatic nitrogens is 3. The van der Waals surface area contributed by atoms with Gasteiger partial charge in [-0.3, -0.25) is 9.59 Å². The van der Waals surface area contributed by atoms with Crippen molar-refractivity contribution in [1.82, 2.24) is 19.9 Å². The fourth-order valence-electron chi connectivity index (χ4n) is 3.59. The molecule has 0 atom stereocenters. The number of anilines is 2. The van der Waals surface area contributed by atoms with Crippen LogP contribution in [0.1, 0.15) is 10.4 Å². The van der Waals surface area contributed by atoms with Crippen molar-refractivity contribution in [3.8, 4) is 22.9 Å². The van der Waals surface area contributed by atoms with Gasteiger partial charge < -0.3 is 34.1 Å². The van der Waals surface area contributed by atoms with Gasteiger partial charge in [0.05, 0.1) is 28.4 Å². The fourth-order valence-corrected chi connectivity index (χ4v) is 3.59. The van der Waals surface area contributed by atoms with Crippen LogP contribution < -0.4 is 24.8 Å². The van der Waals surface area contributed by atoms with E-state index in [1.165, 1.54) is 14.2 Å². The molecule has 11 heteroatoms. The Hall–Kier alpha value is -4.80. The number of amides is 1. The fraction of sp³-hybridized carbons (Fsp3) is 0.200. The van der Waals surface area contributed by atoms with E-state index in [1.54, 1.807) is 50.7 Å². The predicted octanol–water partition coefficient (Wildman–Crippen LogP) is 3.09. The number of carbonyl (C=O) groups excluding carboxylic acids is 2.